The first kappa shape index (κ1) is 19.1. The molecular formula is C24H29N3S. The van der Waals surface area contributed by atoms with Gasteiger partial charge >= 0.3 is 0 Å². The zero-order valence-corrected chi connectivity index (χ0v) is 18.5. The van der Waals surface area contributed by atoms with E-state index in [1.54, 1.807) is 0 Å². The number of hydrogen-bond acceptors (Lipinski definition) is 2. The number of hydrogen-bond donors (Lipinski definition) is 1. The molecule has 0 N–H and O–H groups in total. The van der Waals surface area contributed by atoms with Crippen LogP contribution in [0.5, 0.6) is 0 Å². The van der Waals surface area contributed by atoms with Gasteiger partial charge in [0, 0.05) is 46.8 Å². The van der Waals surface area contributed by atoms with Crippen molar-refractivity contribution in [1.29, 1.82) is 0 Å². The van der Waals surface area contributed by atoms with Gasteiger partial charge in [-0.1, -0.05) is 6.07 Å². The van der Waals surface area contributed by atoms with E-state index in [1.807, 2.05) is 12.3 Å². The van der Waals surface area contributed by atoms with Gasteiger partial charge in [-0.3, -0.25) is 0 Å². The Morgan fingerprint density at radius 2 is 1.61 bits per heavy atom. The summed E-state index contributed by atoms with van der Waals surface area (Å²) in [6, 6.07) is 10.9. The van der Waals surface area contributed by atoms with Crippen LogP contribution in [0.25, 0.3) is 21.9 Å². The molecule has 3 heterocycles. The fourth-order valence-corrected chi connectivity index (χ4v) is 4.50. The molecule has 0 bridgehead atoms. The van der Waals surface area contributed by atoms with Crippen LogP contribution in [0.2, 0.25) is 0 Å². The van der Waals surface area contributed by atoms with Gasteiger partial charge in [-0.25, -0.2) is 4.98 Å². The lowest BCUT2D eigenvalue weighted by Gasteiger charge is -2.27. The van der Waals surface area contributed by atoms with Crippen LogP contribution in [0.1, 0.15) is 44.4 Å². The number of fused-ring (bicyclic) bond motifs is 2. The van der Waals surface area contributed by atoms with Crippen molar-refractivity contribution in [2.24, 2.45) is 0 Å². The van der Waals surface area contributed by atoms with Crippen LogP contribution in [0.4, 0.5) is 0 Å². The maximum absolute atomic E-state index is 5.07. The van der Waals surface area contributed by atoms with Gasteiger partial charge in [-0.05, 0) is 82.5 Å². The Kier molecular flexibility index (Phi) is 4.38. The third kappa shape index (κ3) is 3.14. The molecule has 0 spiro atoms. The SMILES string of the molecule is Cc1cn(C(C)(C)C)c2ccc(CC(C)(S)n3cc(C)c4cccnc43)cc12. The lowest BCUT2D eigenvalue weighted by molar-refractivity contribution is 0.410. The minimum absolute atomic E-state index is 0.0688. The van der Waals surface area contributed by atoms with E-state index in [9.17, 15) is 0 Å². The summed E-state index contributed by atoms with van der Waals surface area (Å²) in [4.78, 5) is 4.25. The van der Waals surface area contributed by atoms with Crippen LogP contribution >= 0.6 is 12.6 Å². The molecule has 28 heavy (non-hydrogen) atoms. The molecule has 4 rings (SSSR count). The van der Waals surface area contributed by atoms with Crippen molar-refractivity contribution in [3.63, 3.8) is 0 Å². The monoisotopic (exact) mass is 391 g/mol. The van der Waals surface area contributed by atoms with Gasteiger partial charge in [0.1, 0.15) is 5.65 Å². The molecule has 0 saturated heterocycles. The summed E-state index contributed by atoms with van der Waals surface area (Å²) in [6.07, 6.45) is 7.12. The molecule has 1 aromatic carbocycles. The Bertz CT molecular complexity index is 1170. The third-order valence-corrected chi connectivity index (χ3v) is 5.98. The summed E-state index contributed by atoms with van der Waals surface area (Å²) < 4.78 is 4.58. The van der Waals surface area contributed by atoms with Crippen molar-refractivity contribution in [3.8, 4) is 0 Å². The summed E-state index contributed by atoms with van der Waals surface area (Å²) in [5.41, 5.74) is 6.19. The lowest BCUT2D eigenvalue weighted by atomic mass is 10.0. The molecule has 0 aliphatic rings. The van der Waals surface area contributed by atoms with Crippen molar-refractivity contribution < 1.29 is 0 Å². The normalized spacial score (nSPS) is 14.7. The van der Waals surface area contributed by atoms with Crippen LogP contribution in [-0.4, -0.2) is 14.1 Å². The lowest BCUT2D eigenvalue weighted by Crippen LogP contribution is -2.26. The highest BCUT2D eigenvalue weighted by atomic mass is 32.1. The number of pyridine rings is 1. The molecule has 0 saturated carbocycles. The zero-order valence-electron chi connectivity index (χ0n) is 17.6. The highest BCUT2D eigenvalue weighted by Crippen LogP contribution is 2.34. The Balaban J connectivity index is 1.75. The maximum Gasteiger partial charge on any atom is 0.141 e. The molecule has 0 aliphatic carbocycles. The van der Waals surface area contributed by atoms with E-state index >= 15 is 0 Å². The Labute approximate surface area is 172 Å². The Hall–Kier alpha value is -2.20. The molecule has 4 aromatic rings. The minimum atomic E-state index is -0.366. The number of thiol groups is 1. The van der Waals surface area contributed by atoms with E-state index in [-0.39, 0.29) is 10.4 Å². The number of aromatic nitrogens is 3. The van der Waals surface area contributed by atoms with E-state index in [2.05, 4.69) is 92.3 Å². The predicted molar refractivity (Wildman–Crippen MR) is 122 cm³/mol. The quantitative estimate of drug-likeness (QED) is 0.412. The summed E-state index contributed by atoms with van der Waals surface area (Å²) in [5, 5.41) is 2.51. The second-order valence-corrected chi connectivity index (χ2v) is 10.1. The fraction of sp³-hybridized carbons (Fsp3) is 0.375. The van der Waals surface area contributed by atoms with E-state index in [0.29, 0.717) is 0 Å². The average molecular weight is 392 g/mol. The Morgan fingerprint density at radius 1 is 0.929 bits per heavy atom. The van der Waals surface area contributed by atoms with Crippen molar-refractivity contribution in [2.45, 2.75) is 58.4 Å². The number of aryl methyl sites for hydroxylation is 2. The van der Waals surface area contributed by atoms with Gasteiger partial charge in [-0.15, -0.1) is 0 Å². The average Bonchev–Trinajstić information content (AvgIpc) is 3.13. The van der Waals surface area contributed by atoms with E-state index < -0.39 is 0 Å². The fourth-order valence-electron chi connectivity index (χ4n) is 4.17. The molecule has 1 atom stereocenters. The van der Waals surface area contributed by atoms with Crippen molar-refractivity contribution in [3.05, 3.63) is 65.6 Å². The van der Waals surface area contributed by atoms with Crippen LogP contribution < -0.4 is 0 Å². The molecule has 1 unspecified atom stereocenters. The first-order chi connectivity index (χ1) is 13.1. The molecule has 146 valence electrons. The maximum atomic E-state index is 5.07. The first-order valence-corrected chi connectivity index (χ1v) is 10.3. The van der Waals surface area contributed by atoms with E-state index in [4.69, 9.17) is 12.6 Å². The standard InChI is InChI=1S/C24H29N3S/c1-16-15-27(22-19(16)8-7-11-25-22)24(6,28)13-18-9-10-21-20(12-18)17(2)14-26(21)23(3,4)5/h7-12,14-15,28H,13H2,1-6H3. The van der Waals surface area contributed by atoms with Crippen LogP contribution in [0.15, 0.2) is 48.9 Å². The largest absolute Gasteiger partial charge is 0.342 e. The van der Waals surface area contributed by atoms with Gasteiger partial charge in [0.25, 0.3) is 0 Å². The van der Waals surface area contributed by atoms with Gasteiger partial charge < -0.3 is 9.13 Å². The van der Waals surface area contributed by atoms with Gasteiger partial charge in [0.2, 0.25) is 0 Å². The second kappa shape index (κ2) is 6.41. The second-order valence-electron chi connectivity index (χ2n) is 9.15. The third-order valence-electron chi connectivity index (χ3n) is 5.61. The number of nitrogens with zero attached hydrogens (tertiary/aromatic N) is 3. The van der Waals surface area contributed by atoms with Crippen molar-refractivity contribution >= 4 is 34.6 Å². The molecule has 3 nitrogen and oxygen atoms in total. The highest BCUT2D eigenvalue weighted by molar-refractivity contribution is 7.81. The number of benzene rings is 1. The summed E-state index contributed by atoms with van der Waals surface area (Å²) in [7, 11) is 0. The van der Waals surface area contributed by atoms with E-state index in [0.717, 1.165) is 12.1 Å². The summed E-state index contributed by atoms with van der Waals surface area (Å²) in [5.74, 6) is 0. The van der Waals surface area contributed by atoms with Crippen LogP contribution in [0, 0.1) is 13.8 Å². The molecule has 0 amide bonds. The summed E-state index contributed by atoms with van der Waals surface area (Å²) in [6.45, 7) is 13.2. The molecule has 0 fully saturated rings. The van der Waals surface area contributed by atoms with Gasteiger partial charge in [-0.2, -0.15) is 12.6 Å². The van der Waals surface area contributed by atoms with Crippen molar-refractivity contribution in [1.82, 2.24) is 14.1 Å². The van der Waals surface area contributed by atoms with Crippen LogP contribution in [-0.2, 0) is 16.8 Å². The van der Waals surface area contributed by atoms with Gasteiger partial charge in [0.15, 0.2) is 0 Å². The summed E-state index contributed by atoms with van der Waals surface area (Å²) >= 11 is 5.07. The van der Waals surface area contributed by atoms with Crippen LogP contribution in [0.3, 0.4) is 0 Å². The predicted octanol–water partition coefficient (Wildman–Crippen LogP) is 6.21. The van der Waals surface area contributed by atoms with Gasteiger partial charge in [0.05, 0.1) is 4.87 Å². The first-order valence-electron chi connectivity index (χ1n) is 9.84. The smallest absolute Gasteiger partial charge is 0.141 e. The Morgan fingerprint density at radius 3 is 2.32 bits per heavy atom. The highest BCUT2D eigenvalue weighted by Gasteiger charge is 2.25. The number of rotatable bonds is 3. The molecule has 0 radical (unpaired) electrons. The van der Waals surface area contributed by atoms with E-state index in [1.165, 1.54) is 33.0 Å². The minimum Gasteiger partial charge on any atom is -0.342 e. The zero-order chi connectivity index (χ0) is 20.3. The molecule has 4 heteroatoms. The topological polar surface area (TPSA) is 22.8 Å². The molecule has 0 aliphatic heterocycles. The molecule has 3 aromatic heterocycles. The van der Waals surface area contributed by atoms with Crippen molar-refractivity contribution in [2.75, 3.05) is 0 Å². The molecular weight excluding hydrogens is 362 g/mol.